The van der Waals surface area contributed by atoms with Crippen LogP contribution in [0.4, 0.5) is 0 Å². The molecule has 3 heterocycles. The molecule has 7 aromatic carbocycles. The van der Waals surface area contributed by atoms with Gasteiger partial charge in [-0.3, -0.25) is 0 Å². The highest BCUT2D eigenvalue weighted by Gasteiger charge is 2.21. The molecule has 10 aromatic rings. The van der Waals surface area contributed by atoms with E-state index in [-0.39, 0.29) is 0 Å². The van der Waals surface area contributed by atoms with Crippen LogP contribution < -0.4 is 0 Å². The van der Waals surface area contributed by atoms with Crippen molar-refractivity contribution in [1.29, 1.82) is 0 Å². The number of oxazole rings is 1. The van der Waals surface area contributed by atoms with Gasteiger partial charge in [-0.05, 0) is 47.0 Å². The van der Waals surface area contributed by atoms with Crippen LogP contribution in [0.25, 0.3) is 99.1 Å². The Morgan fingerprint density at radius 1 is 0.385 bits per heavy atom. The highest BCUT2D eigenvalue weighted by Crippen LogP contribution is 2.45. The zero-order valence-corrected chi connectivity index (χ0v) is 28.6. The second-order valence-electron chi connectivity index (χ2n) is 12.7. The Hall–Kier alpha value is -6.76. The lowest BCUT2D eigenvalue weighted by atomic mass is 9.96. The molecule has 0 aliphatic carbocycles. The molecule has 0 saturated heterocycles. The first-order valence-electron chi connectivity index (χ1n) is 17.1. The minimum absolute atomic E-state index is 0.596. The van der Waals surface area contributed by atoms with E-state index < -0.39 is 0 Å². The number of hydrogen-bond acceptors (Lipinski definition) is 6. The van der Waals surface area contributed by atoms with Crippen LogP contribution in [0, 0.1) is 0 Å². The zero-order valence-electron chi connectivity index (χ0n) is 27.8. The number of hydrogen-bond donors (Lipinski definition) is 0. The van der Waals surface area contributed by atoms with Crippen molar-refractivity contribution in [2.24, 2.45) is 0 Å². The van der Waals surface area contributed by atoms with Crippen molar-refractivity contribution in [2.45, 2.75) is 0 Å². The van der Waals surface area contributed by atoms with Crippen LogP contribution in [0.5, 0.6) is 0 Å². The minimum atomic E-state index is 0.596. The molecule has 0 radical (unpaired) electrons. The first kappa shape index (κ1) is 30.1. The van der Waals surface area contributed by atoms with E-state index in [4.69, 9.17) is 24.4 Å². The number of fused-ring (bicyclic) bond motifs is 4. The third-order valence-electron chi connectivity index (χ3n) is 9.37. The maximum Gasteiger partial charge on any atom is 0.227 e. The van der Waals surface area contributed by atoms with Gasteiger partial charge < -0.3 is 4.42 Å². The van der Waals surface area contributed by atoms with Crippen LogP contribution in [0.1, 0.15) is 0 Å². The summed E-state index contributed by atoms with van der Waals surface area (Å²) in [5, 5.41) is 2.34. The van der Waals surface area contributed by atoms with Gasteiger partial charge in [0.05, 0.1) is 0 Å². The van der Waals surface area contributed by atoms with Gasteiger partial charge in [0, 0.05) is 48.0 Å². The summed E-state index contributed by atoms with van der Waals surface area (Å²) in [6, 6.07) is 58.1. The third kappa shape index (κ3) is 5.34. The quantitative estimate of drug-likeness (QED) is 0.174. The summed E-state index contributed by atoms with van der Waals surface area (Å²) in [6.45, 7) is 0. The molecule has 0 fully saturated rings. The summed E-state index contributed by atoms with van der Waals surface area (Å²) in [7, 11) is 0. The molecule has 0 saturated carbocycles. The molecule has 0 bridgehead atoms. The van der Waals surface area contributed by atoms with Gasteiger partial charge in [0.15, 0.2) is 23.1 Å². The molecule has 0 amide bonds. The lowest BCUT2D eigenvalue weighted by molar-refractivity contribution is 0.621. The summed E-state index contributed by atoms with van der Waals surface area (Å²) in [5.41, 5.74) is 9.56. The van der Waals surface area contributed by atoms with Crippen molar-refractivity contribution in [3.8, 4) is 67.9 Å². The molecule has 52 heavy (non-hydrogen) atoms. The van der Waals surface area contributed by atoms with Crippen LogP contribution in [-0.2, 0) is 0 Å². The van der Waals surface area contributed by atoms with Gasteiger partial charge in [0.2, 0.25) is 5.89 Å². The first-order valence-corrected chi connectivity index (χ1v) is 18.0. The molecular formula is C46H28N4OS. The largest absolute Gasteiger partial charge is 0.435 e. The van der Waals surface area contributed by atoms with Gasteiger partial charge in [-0.2, -0.15) is 0 Å². The van der Waals surface area contributed by atoms with Crippen LogP contribution in [0.3, 0.4) is 0 Å². The molecule has 0 aliphatic rings. The fraction of sp³-hybridized carbons (Fsp3) is 0. The molecular weight excluding hydrogens is 657 g/mol. The third-order valence-corrected chi connectivity index (χ3v) is 10.5. The molecule has 0 spiro atoms. The van der Waals surface area contributed by atoms with E-state index in [1.165, 1.54) is 10.1 Å². The standard InChI is InChI=1S/C46H28N4OS/c1-4-13-29(14-5-1)30-23-25-32(26-24-30)44-48-43(31-15-6-2-7-16-31)49-45(50-44)35-20-12-19-34(27-35)40-41-36-21-10-11-22-38(36)52-39(41)28-37-42(40)51-46(47-37)33-17-8-3-9-18-33/h1-28H. The number of thiophene rings is 1. The Kier molecular flexibility index (Phi) is 7.25. The maximum atomic E-state index is 6.66. The monoisotopic (exact) mass is 684 g/mol. The smallest absolute Gasteiger partial charge is 0.227 e. The van der Waals surface area contributed by atoms with E-state index in [2.05, 4.69) is 103 Å². The van der Waals surface area contributed by atoms with E-state index in [9.17, 15) is 0 Å². The molecule has 6 heteroatoms. The average molecular weight is 685 g/mol. The Morgan fingerprint density at radius 2 is 0.904 bits per heavy atom. The summed E-state index contributed by atoms with van der Waals surface area (Å²) in [6.07, 6.45) is 0. The fourth-order valence-corrected chi connectivity index (χ4v) is 8.00. The van der Waals surface area contributed by atoms with Gasteiger partial charge in [0.1, 0.15) is 5.52 Å². The zero-order chi connectivity index (χ0) is 34.4. The highest BCUT2D eigenvalue weighted by atomic mass is 32.1. The van der Waals surface area contributed by atoms with E-state index in [1.54, 1.807) is 11.3 Å². The van der Waals surface area contributed by atoms with Gasteiger partial charge in [-0.1, -0.05) is 140 Å². The van der Waals surface area contributed by atoms with Gasteiger partial charge in [-0.25, -0.2) is 19.9 Å². The van der Waals surface area contributed by atoms with Crippen molar-refractivity contribution in [3.63, 3.8) is 0 Å². The van der Waals surface area contributed by atoms with E-state index >= 15 is 0 Å². The van der Waals surface area contributed by atoms with Crippen molar-refractivity contribution in [3.05, 3.63) is 170 Å². The highest BCUT2D eigenvalue weighted by molar-refractivity contribution is 7.26. The van der Waals surface area contributed by atoms with Gasteiger partial charge in [-0.15, -0.1) is 11.3 Å². The number of rotatable bonds is 6. The molecule has 0 N–H and O–H groups in total. The summed E-state index contributed by atoms with van der Waals surface area (Å²) >= 11 is 1.77. The normalized spacial score (nSPS) is 11.5. The van der Waals surface area contributed by atoms with Gasteiger partial charge in [0.25, 0.3) is 0 Å². The van der Waals surface area contributed by atoms with Crippen LogP contribution in [0.15, 0.2) is 174 Å². The molecule has 0 aliphatic heterocycles. The average Bonchev–Trinajstić information content (AvgIpc) is 3.82. The Labute approximate surface area is 303 Å². The molecule has 244 valence electrons. The molecule has 0 atom stereocenters. The van der Waals surface area contributed by atoms with Crippen molar-refractivity contribution in [1.82, 2.24) is 19.9 Å². The minimum Gasteiger partial charge on any atom is -0.435 e. The predicted octanol–water partition coefficient (Wildman–Crippen LogP) is 12.4. The Morgan fingerprint density at radius 3 is 1.62 bits per heavy atom. The van der Waals surface area contributed by atoms with E-state index in [0.29, 0.717) is 23.4 Å². The Bertz CT molecular complexity index is 2880. The van der Waals surface area contributed by atoms with Gasteiger partial charge >= 0.3 is 0 Å². The molecule has 0 unspecified atom stereocenters. The summed E-state index contributed by atoms with van der Waals surface area (Å²) in [5.74, 6) is 2.43. The SMILES string of the molecule is c1ccc(-c2ccc(-c3nc(-c4ccccc4)nc(-c4cccc(-c5c6oc(-c7ccccc7)nc6cc6sc7ccccc7c56)c4)n3)cc2)cc1. The first-order chi connectivity index (χ1) is 25.7. The van der Waals surface area contributed by atoms with Crippen molar-refractivity contribution < 1.29 is 4.42 Å². The number of benzene rings is 7. The van der Waals surface area contributed by atoms with E-state index in [1.807, 2.05) is 66.7 Å². The molecule has 10 rings (SSSR count). The predicted molar refractivity (Wildman–Crippen MR) is 213 cm³/mol. The fourth-order valence-electron chi connectivity index (χ4n) is 6.86. The van der Waals surface area contributed by atoms with Crippen molar-refractivity contribution in [2.75, 3.05) is 0 Å². The lowest BCUT2D eigenvalue weighted by Gasteiger charge is -2.11. The van der Waals surface area contributed by atoms with Crippen LogP contribution in [-0.4, -0.2) is 19.9 Å². The second kappa shape index (κ2) is 12.5. The topological polar surface area (TPSA) is 64.7 Å². The second-order valence-corrected chi connectivity index (χ2v) is 13.7. The number of aromatic nitrogens is 4. The van der Waals surface area contributed by atoms with E-state index in [0.717, 1.165) is 65.7 Å². The Balaban J connectivity index is 1.16. The van der Waals surface area contributed by atoms with Crippen molar-refractivity contribution >= 4 is 42.6 Å². The lowest BCUT2D eigenvalue weighted by Crippen LogP contribution is -2.00. The maximum absolute atomic E-state index is 6.66. The number of nitrogens with zero attached hydrogens (tertiary/aromatic N) is 4. The van der Waals surface area contributed by atoms with Crippen LogP contribution in [0.2, 0.25) is 0 Å². The molecule has 5 nitrogen and oxygen atoms in total. The summed E-state index contributed by atoms with van der Waals surface area (Å²) in [4.78, 5) is 20.1. The molecule has 3 aromatic heterocycles. The summed E-state index contributed by atoms with van der Waals surface area (Å²) < 4.78 is 9.04. The van der Waals surface area contributed by atoms with Crippen LogP contribution >= 0.6 is 11.3 Å².